The van der Waals surface area contributed by atoms with E-state index in [9.17, 15) is 4.39 Å². The molecule has 0 atom stereocenters. The summed E-state index contributed by atoms with van der Waals surface area (Å²) >= 11 is 0. The Morgan fingerprint density at radius 3 is 2.53 bits per heavy atom. The summed E-state index contributed by atoms with van der Waals surface area (Å²) in [5, 5.41) is 10.9. The van der Waals surface area contributed by atoms with Gasteiger partial charge in [-0.15, -0.1) is 24.0 Å². The van der Waals surface area contributed by atoms with Gasteiger partial charge in [0.1, 0.15) is 11.6 Å². The molecule has 1 aromatic heterocycles. The van der Waals surface area contributed by atoms with Crippen LogP contribution >= 0.6 is 24.0 Å². The van der Waals surface area contributed by atoms with Crippen molar-refractivity contribution in [1.29, 1.82) is 0 Å². The van der Waals surface area contributed by atoms with Gasteiger partial charge in [0.2, 0.25) is 0 Å². The number of hydrogen-bond acceptors (Lipinski definition) is 3. The van der Waals surface area contributed by atoms with Crippen molar-refractivity contribution in [2.75, 3.05) is 20.2 Å². The second kappa shape index (κ2) is 12.8. The van der Waals surface area contributed by atoms with Gasteiger partial charge in [0.15, 0.2) is 5.96 Å². The zero-order chi connectivity index (χ0) is 20.3. The number of ether oxygens (including phenoxy) is 1. The summed E-state index contributed by atoms with van der Waals surface area (Å²) in [6, 6.07) is 16.3. The summed E-state index contributed by atoms with van der Waals surface area (Å²) in [6.07, 6.45) is 4.54. The lowest BCUT2D eigenvalue weighted by Gasteiger charge is -2.14. The molecule has 2 N–H and O–H groups in total. The van der Waals surface area contributed by atoms with Gasteiger partial charge in [0, 0.05) is 32.5 Å². The first kappa shape index (κ1) is 23.7. The van der Waals surface area contributed by atoms with Crippen LogP contribution in [0.2, 0.25) is 0 Å². The van der Waals surface area contributed by atoms with Crippen LogP contribution in [-0.4, -0.2) is 35.9 Å². The average molecular weight is 523 g/mol. The molecule has 2 aromatic carbocycles. The van der Waals surface area contributed by atoms with Crippen molar-refractivity contribution in [1.82, 2.24) is 20.4 Å². The van der Waals surface area contributed by atoms with Gasteiger partial charge in [0.05, 0.1) is 13.2 Å². The zero-order valence-corrected chi connectivity index (χ0v) is 19.3. The first-order valence-electron chi connectivity index (χ1n) is 9.61. The molecule has 30 heavy (non-hydrogen) atoms. The highest BCUT2D eigenvalue weighted by Gasteiger charge is 2.05. The molecule has 160 valence electrons. The number of nitrogens with zero attached hydrogens (tertiary/aromatic N) is 3. The molecule has 0 saturated heterocycles. The van der Waals surface area contributed by atoms with Gasteiger partial charge >= 0.3 is 0 Å². The van der Waals surface area contributed by atoms with Crippen LogP contribution in [0.3, 0.4) is 0 Å². The van der Waals surface area contributed by atoms with Crippen LogP contribution in [0.25, 0.3) is 0 Å². The van der Waals surface area contributed by atoms with E-state index in [4.69, 9.17) is 4.74 Å². The van der Waals surface area contributed by atoms with E-state index in [0.29, 0.717) is 18.9 Å². The predicted molar refractivity (Wildman–Crippen MR) is 128 cm³/mol. The molecule has 0 bridgehead atoms. The van der Waals surface area contributed by atoms with Gasteiger partial charge in [-0.2, -0.15) is 5.10 Å². The fourth-order valence-electron chi connectivity index (χ4n) is 2.85. The first-order chi connectivity index (χ1) is 14.2. The number of halogens is 2. The molecule has 3 aromatic rings. The number of rotatable bonds is 9. The number of benzene rings is 2. The summed E-state index contributed by atoms with van der Waals surface area (Å²) < 4.78 is 20.4. The molecule has 0 aliphatic rings. The normalized spacial score (nSPS) is 10.9. The predicted octanol–water partition coefficient (Wildman–Crippen LogP) is 3.82. The molecular weight excluding hydrogens is 496 g/mol. The smallest absolute Gasteiger partial charge is 0.191 e. The van der Waals surface area contributed by atoms with Gasteiger partial charge in [-0.05, 0) is 47.9 Å². The van der Waals surface area contributed by atoms with Gasteiger partial charge in [-0.3, -0.25) is 9.67 Å². The number of hydrogen-bond donors (Lipinski definition) is 2. The largest absolute Gasteiger partial charge is 0.494 e. The summed E-state index contributed by atoms with van der Waals surface area (Å²) in [4.78, 5) is 4.27. The standard InChI is InChI=1S/C22H26FN5O.HI/c1-24-22(25-12-5-15-29-21-10-8-20(23)9-11-21)26-16-18-6-2-3-7-19(18)17-28-14-4-13-27-28;/h2-4,6-11,13-14H,5,12,15-17H2,1H3,(H2,24,25,26);1H. The molecule has 3 rings (SSSR count). The van der Waals surface area contributed by atoms with Crippen molar-refractivity contribution in [2.24, 2.45) is 4.99 Å². The fourth-order valence-corrected chi connectivity index (χ4v) is 2.85. The Bertz CT molecular complexity index is 900. The summed E-state index contributed by atoms with van der Waals surface area (Å²) in [5.74, 6) is 1.14. The van der Waals surface area contributed by atoms with E-state index in [-0.39, 0.29) is 29.8 Å². The molecule has 0 fully saturated rings. The van der Waals surface area contributed by atoms with Crippen molar-refractivity contribution in [2.45, 2.75) is 19.5 Å². The molecule has 0 radical (unpaired) electrons. The Hall–Kier alpha value is -2.62. The van der Waals surface area contributed by atoms with Crippen LogP contribution in [0.15, 0.2) is 72.0 Å². The number of aromatic nitrogens is 2. The van der Waals surface area contributed by atoms with Crippen LogP contribution in [0.5, 0.6) is 5.75 Å². The lowest BCUT2D eigenvalue weighted by Crippen LogP contribution is -2.37. The third-order valence-electron chi connectivity index (χ3n) is 4.38. The lowest BCUT2D eigenvalue weighted by atomic mass is 10.1. The number of guanidine groups is 1. The Morgan fingerprint density at radius 2 is 1.83 bits per heavy atom. The SMILES string of the molecule is CN=C(NCCCOc1ccc(F)cc1)NCc1ccccc1Cn1cccn1.I. The van der Waals surface area contributed by atoms with Crippen molar-refractivity contribution in [3.8, 4) is 5.75 Å². The van der Waals surface area contributed by atoms with Crippen molar-refractivity contribution < 1.29 is 9.13 Å². The summed E-state index contributed by atoms with van der Waals surface area (Å²) in [7, 11) is 1.75. The van der Waals surface area contributed by atoms with Crippen molar-refractivity contribution in [3.63, 3.8) is 0 Å². The third kappa shape index (κ3) is 7.66. The highest BCUT2D eigenvalue weighted by atomic mass is 127. The van der Waals surface area contributed by atoms with E-state index >= 15 is 0 Å². The highest BCUT2D eigenvalue weighted by molar-refractivity contribution is 14.0. The van der Waals surface area contributed by atoms with Crippen LogP contribution < -0.4 is 15.4 Å². The van der Waals surface area contributed by atoms with Gasteiger partial charge in [-0.1, -0.05) is 24.3 Å². The molecule has 6 nitrogen and oxygen atoms in total. The van der Waals surface area contributed by atoms with Crippen LogP contribution in [0.1, 0.15) is 17.5 Å². The van der Waals surface area contributed by atoms with Crippen molar-refractivity contribution >= 4 is 29.9 Å². The molecule has 0 aliphatic carbocycles. The Morgan fingerprint density at radius 1 is 1.07 bits per heavy atom. The zero-order valence-electron chi connectivity index (χ0n) is 16.9. The van der Waals surface area contributed by atoms with E-state index in [1.165, 1.54) is 23.3 Å². The summed E-state index contributed by atoms with van der Waals surface area (Å²) in [6.45, 7) is 2.67. The molecular formula is C22H27FIN5O. The molecule has 0 unspecified atom stereocenters. The minimum atomic E-state index is -0.264. The second-order valence-corrected chi connectivity index (χ2v) is 6.48. The summed E-state index contributed by atoms with van der Waals surface area (Å²) in [5.41, 5.74) is 2.41. The molecule has 0 aliphatic heterocycles. The monoisotopic (exact) mass is 523 g/mol. The first-order valence-corrected chi connectivity index (χ1v) is 9.61. The molecule has 0 saturated carbocycles. The van der Waals surface area contributed by atoms with E-state index in [0.717, 1.165) is 25.5 Å². The van der Waals surface area contributed by atoms with E-state index in [1.54, 1.807) is 25.4 Å². The lowest BCUT2D eigenvalue weighted by molar-refractivity contribution is 0.310. The van der Waals surface area contributed by atoms with Crippen LogP contribution in [0.4, 0.5) is 4.39 Å². The van der Waals surface area contributed by atoms with Crippen molar-refractivity contribution in [3.05, 3.63) is 83.9 Å². The Labute approximate surface area is 193 Å². The Kier molecular flexibility index (Phi) is 10.1. The second-order valence-electron chi connectivity index (χ2n) is 6.48. The molecule has 0 amide bonds. The van der Waals surface area contributed by atoms with E-state index < -0.39 is 0 Å². The van der Waals surface area contributed by atoms with Gasteiger partial charge in [-0.25, -0.2) is 4.39 Å². The topological polar surface area (TPSA) is 63.5 Å². The molecule has 8 heteroatoms. The maximum absolute atomic E-state index is 12.9. The van der Waals surface area contributed by atoms with Gasteiger partial charge in [0.25, 0.3) is 0 Å². The maximum atomic E-state index is 12.9. The van der Waals surface area contributed by atoms with E-state index in [2.05, 4.69) is 32.9 Å². The maximum Gasteiger partial charge on any atom is 0.191 e. The molecule has 1 heterocycles. The average Bonchev–Trinajstić information content (AvgIpc) is 3.25. The number of aliphatic imine (C=N–C) groups is 1. The minimum Gasteiger partial charge on any atom is -0.494 e. The van der Waals surface area contributed by atoms with E-state index in [1.807, 2.05) is 29.1 Å². The highest BCUT2D eigenvalue weighted by Crippen LogP contribution is 2.11. The number of nitrogens with one attached hydrogen (secondary N) is 2. The fraction of sp³-hybridized carbons (Fsp3) is 0.273. The molecule has 0 spiro atoms. The minimum absolute atomic E-state index is 0. The Balaban J connectivity index is 0.00000320. The quantitative estimate of drug-likeness (QED) is 0.194. The van der Waals surface area contributed by atoms with Crippen LogP contribution in [-0.2, 0) is 13.1 Å². The third-order valence-corrected chi connectivity index (χ3v) is 4.38. The van der Waals surface area contributed by atoms with Gasteiger partial charge < -0.3 is 15.4 Å². The van der Waals surface area contributed by atoms with Crippen LogP contribution in [0, 0.1) is 5.82 Å².